The summed E-state index contributed by atoms with van der Waals surface area (Å²) in [6.45, 7) is 3.53. The number of ether oxygens (including phenoxy) is 2. The van der Waals surface area contributed by atoms with E-state index in [-0.39, 0.29) is 32.6 Å². The minimum atomic E-state index is -4.40. The summed E-state index contributed by atoms with van der Waals surface area (Å²) in [5.41, 5.74) is 5.35. The van der Waals surface area contributed by atoms with Crippen molar-refractivity contribution in [2.24, 2.45) is 5.73 Å². The number of nitrogens with two attached hydrogens (primary N) is 1. The van der Waals surface area contributed by atoms with Crippen LogP contribution >= 0.6 is 7.82 Å². The molecular weight excluding hydrogens is 798 g/mol. The number of rotatable bonds is 43. The molecule has 0 saturated heterocycles. The van der Waals surface area contributed by atoms with E-state index in [2.05, 4.69) is 123 Å². The first-order valence-corrected chi connectivity index (χ1v) is 25.4. The molecule has 2 atom stereocenters. The van der Waals surface area contributed by atoms with Crippen molar-refractivity contribution in [3.8, 4) is 0 Å². The zero-order valence-corrected chi connectivity index (χ0v) is 39.7. The summed E-state index contributed by atoms with van der Waals surface area (Å²) in [5.74, 6) is -0.900. The van der Waals surface area contributed by atoms with Crippen LogP contribution in [-0.4, -0.2) is 49.3 Å². The van der Waals surface area contributed by atoms with E-state index in [1.807, 2.05) is 0 Å². The Morgan fingerprint density at radius 3 is 1.37 bits per heavy atom. The van der Waals surface area contributed by atoms with Crippen LogP contribution in [0.25, 0.3) is 0 Å². The van der Waals surface area contributed by atoms with Crippen molar-refractivity contribution in [2.75, 3.05) is 26.4 Å². The molecule has 0 aliphatic rings. The van der Waals surface area contributed by atoms with Crippen LogP contribution in [0.1, 0.15) is 174 Å². The molecule has 10 heteroatoms. The maximum Gasteiger partial charge on any atom is 0.472 e. The lowest BCUT2D eigenvalue weighted by Crippen LogP contribution is -2.29. The van der Waals surface area contributed by atoms with E-state index in [1.165, 1.54) is 38.5 Å². The first-order chi connectivity index (χ1) is 30.3. The van der Waals surface area contributed by atoms with Gasteiger partial charge in [-0.1, -0.05) is 168 Å². The monoisotopic (exact) mass is 884 g/mol. The van der Waals surface area contributed by atoms with Gasteiger partial charge < -0.3 is 20.1 Å². The Labute approximate surface area is 378 Å². The Morgan fingerprint density at radius 1 is 0.500 bits per heavy atom. The molecule has 0 aromatic carbocycles. The molecule has 3 N–H and O–H groups in total. The Hall–Kier alpha value is -3.33. The predicted molar refractivity (Wildman–Crippen MR) is 261 cm³/mol. The highest BCUT2D eigenvalue weighted by molar-refractivity contribution is 7.47. The van der Waals surface area contributed by atoms with E-state index in [4.69, 9.17) is 24.3 Å². The molecule has 0 heterocycles. The highest BCUT2D eigenvalue weighted by atomic mass is 31.2. The lowest BCUT2D eigenvalue weighted by atomic mass is 10.1. The van der Waals surface area contributed by atoms with E-state index in [0.29, 0.717) is 12.8 Å². The fourth-order valence-corrected chi connectivity index (χ4v) is 6.64. The Kier molecular flexibility index (Phi) is 44.6. The normalized spacial score (nSPS) is 14.2. The number of unbranched alkanes of at least 4 members (excludes halogenated alkanes) is 12. The second-order valence-corrected chi connectivity index (χ2v) is 16.7. The Morgan fingerprint density at radius 2 is 0.887 bits per heavy atom. The van der Waals surface area contributed by atoms with E-state index in [0.717, 1.165) is 96.3 Å². The van der Waals surface area contributed by atoms with E-state index in [9.17, 15) is 19.0 Å². The Balaban J connectivity index is 4.23. The van der Waals surface area contributed by atoms with Crippen LogP contribution in [0, 0.1) is 0 Å². The molecule has 0 amide bonds. The molecule has 0 aromatic rings. The van der Waals surface area contributed by atoms with Gasteiger partial charge in [0, 0.05) is 19.4 Å². The highest BCUT2D eigenvalue weighted by Crippen LogP contribution is 2.43. The first-order valence-electron chi connectivity index (χ1n) is 23.9. The van der Waals surface area contributed by atoms with Crippen molar-refractivity contribution in [3.05, 3.63) is 109 Å². The second kappa shape index (κ2) is 47.2. The largest absolute Gasteiger partial charge is 0.472 e. The van der Waals surface area contributed by atoms with Gasteiger partial charge in [-0.05, 0) is 103 Å². The molecule has 0 radical (unpaired) electrons. The Bertz CT molecular complexity index is 1380. The van der Waals surface area contributed by atoms with Crippen molar-refractivity contribution in [2.45, 2.75) is 180 Å². The van der Waals surface area contributed by atoms with Crippen LogP contribution in [0.4, 0.5) is 0 Å². The predicted octanol–water partition coefficient (Wildman–Crippen LogP) is 14.3. The molecule has 0 aliphatic heterocycles. The lowest BCUT2D eigenvalue weighted by molar-refractivity contribution is -0.161. The smallest absolute Gasteiger partial charge is 0.462 e. The molecule has 0 fully saturated rings. The van der Waals surface area contributed by atoms with Crippen LogP contribution in [0.3, 0.4) is 0 Å². The van der Waals surface area contributed by atoms with Gasteiger partial charge in [0.2, 0.25) is 0 Å². The quantitative estimate of drug-likeness (QED) is 0.0266. The van der Waals surface area contributed by atoms with Crippen LogP contribution < -0.4 is 5.73 Å². The van der Waals surface area contributed by atoms with Gasteiger partial charge in [0.05, 0.1) is 13.2 Å². The van der Waals surface area contributed by atoms with Crippen molar-refractivity contribution >= 4 is 19.8 Å². The van der Waals surface area contributed by atoms with E-state index in [1.54, 1.807) is 0 Å². The number of allylic oxidation sites excluding steroid dienone is 18. The molecule has 9 nitrogen and oxygen atoms in total. The molecule has 0 rings (SSSR count). The minimum absolute atomic E-state index is 0.0389. The fraction of sp³-hybridized carbons (Fsp3) is 0.615. The summed E-state index contributed by atoms with van der Waals surface area (Å²) in [5, 5.41) is 0. The van der Waals surface area contributed by atoms with Gasteiger partial charge in [0.25, 0.3) is 0 Å². The lowest BCUT2D eigenvalue weighted by Gasteiger charge is -2.19. The number of phosphoric acid groups is 1. The van der Waals surface area contributed by atoms with Gasteiger partial charge in [-0.3, -0.25) is 18.6 Å². The van der Waals surface area contributed by atoms with Gasteiger partial charge in [0.15, 0.2) is 6.10 Å². The SMILES string of the molecule is CC/C=C\C/C=C\C/C=C\C/C=C\C/C=C\C/C=C\C/C=C\C/C=C\CCCCC(=O)OC(COC(=O)CCCCCCC/C=C\CCCCCCC)COP(=O)(O)OCCN. The van der Waals surface area contributed by atoms with Crippen LogP contribution in [0.15, 0.2) is 109 Å². The van der Waals surface area contributed by atoms with Crippen molar-refractivity contribution in [1.29, 1.82) is 0 Å². The summed E-state index contributed by atoms with van der Waals surface area (Å²) >= 11 is 0. The third-order valence-corrected chi connectivity index (χ3v) is 10.4. The zero-order chi connectivity index (χ0) is 45.3. The third-order valence-electron chi connectivity index (χ3n) is 9.39. The summed E-state index contributed by atoms with van der Waals surface area (Å²) in [6, 6.07) is 0. The van der Waals surface area contributed by atoms with Gasteiger partial charge in [-0.2, -0.15) is 0 Å². The number of hydrogen-bond donors (Lipinski definition) is 2. The van der Waals surface area contributed by atoms with Gasteiger partial charge in [-0.25, -0.2) is 4.57 Å². The number of hydrogen-bond acceptors (Lipinski definition) is 8. The van der Waals surface area contributed by atoms with Crippen molar-refractivity contribution < 1.29 is 37.6 Å². The molecule has 0 saturated carbocycles. The molecule has 62 heavy (non-hydrogen) atoms. The number of esters is 2. The summed E-state index contributed by atoms with van der Waals surface area (Å²) < 4.78 is 32.8. The van der Waals surface area contributed by atoms with Crippen LogP contribution in [0.5, 0.6) is 0 Å². The van der Waals surface area contributed by atoms with Crippen molar-refractivity contribution in [1.82, 2.24) is 0 Å². The topological polar surface area (TPSA) is 134 Å². The van der Waals surface area contributed by atoms with Gasteiger partial charge in [0.1, 0.15) is 6.61 Å². The molecule has 352 valence electrons. The number of phosphoric ester groups is 1. The number of carbonyl (C=O) groups is 2. The fourth-order valence-electron chi connectivity index (χ4n) is 5.88. The van der Waals surface area contributed by atoms with Crippen LogP contribution in [0.2, 0.25) is 0 Å². The number of carbonyl (C=O) groups excluding carboxylic acids is 2. The summed E-state index contributed by atoms with van der Waals surface area (Å²) in [4.78, 5) is 34.9. The molecular formula is C52H86NO8P. The van der Waals surface area contributed by atoms with Gasteiger partial charge in [-0.15, -0.1) is 0 Å². The first kappa shape index (κ1) is 58.7. The average molecular weight is 884 g/mol. The van der Waals surface area contributed by atoms with Crippen LogP contribution in [-0.2, 0) is 32.7 Å². The van der Waals surface area contributed by atoms with E-state index < -0.39 is 32.5 Å². The van der Waals surface area contributed by atoms with E-state index >= 15 is 0 Å². The molecule has 2 unspecified atom stereocenters. The maximum atomic E-state index is 12.6. The molecule has 0 aromatic heterocycles. The molecule has 0 spiro atoms. The summed E-state index contributed by atoms with van der Waals surface area (Å²) in [7, 11) is -4.40. The van der Waals surface area contributed by atoms with Gasteiger partial charge >= 0.3 is 19.8 Å². The summed E-state index contributed by atoms with van der Waals surface area (Å²) in [6.07, 6.45) is 62.7. The standard InChI is InChI=1S/C52H86NO8P/c1-3-5-7-9-11-13-15-17-19-20-21-22-23-24-25-26-27-28-29-30-31-33-35-37-39-41-43-45-52(55)61-50(49-60-62(56,57)59-47-46-53)48-58-51(54)44-42-40-38-36-34-32-18-16-14-12-10-8-6-4-2/h5,7,11,13,16-19,21-22,24-25,27-28,30-31,35,37,50H,3-4,6,8-10,12,14-15,20,23,26,29,32-34,36,38-49,53H2,1-2H3,(H,56,57)/b7-5-,13-11-,18-16-,19-17-,22-21-,25-24-,28-27-,31-30-,37-35-. The minimum Gasteiger partial charge on any atom is -0.462 e. The molecule has 0 bridgehead atoms. The average Bonchev–Trinajstić information content (AvgIpc) is 3.26. The maximum absolute atomic E-state index is 12.6. The highest BCUT2D eigenvalue weighted by Gasteiger charge is 2.26. The second-order valence-electron chi connectivity index (χ2n) is 15.2. The van der Waals surface area contributed by atoms with Crippen molar-refractivity contribution in [3.63, 3.8) is 0 Å². The zero-order valence-electron chi connectivity index (χ0n) is 38.8. The third kappa shape index (κ3) is 46.2. The molecule has 0 aliphatic carbocycles.